The van der Waals surface area contributed by atoms with E-state index < -0.39 is 0 Å². The Hall–Kier alpha value is -1.85. The first-order valence-electron chi connectivity index (χ1n) is 5.86. The molecule has 6 heteroatoms. The van der Waals surface area contributed by atoms with Crippen LogP contribution in [-0.2, 0) is 11.8 Å². The number of carbonyl (C=O) groups is 1. The summed E-state index contributed by atoms with van der Waals surface area (Å²) in [6, 6.07) is 0. The lowest BCUT2D eigenvalue weighted by atomic mass is 10.1. The van der Waals surface area contributed by atoms with Crippen molar-refractivity contribution in [2.24, 2.45) is 7.05 Å². The zero-order valence-electron chi connectivity index (χ0n) is 11.3. The Morgan fingerprint density at radius 3 is 2.72 bits per heavy atom. The predicted molar refractivity (Wildman–Crippen MR) is 70.5 cm³/mol. The summed E-state index contributed by atoms with van der Waals surface area (Å²) >= 11 is 0. The maximum absolute atomic E-state index is 11.6. The monoisotopic (exact) mass is 252 g/mol. The smallest absolute Gasteiger partial charge is 0.293 e. The second-order valence-corrected chi connectivity index (χ2v) is 5.17. The van der Waals surface area contributed by atoms with Crippen molar-refractivity contribution >= 4 is 11.7 Å². The molecule has 0 spiro atoms. The molecule has 0 fully saturated rings. The molecule has 1 aromatic rings. The molecule has 1 aromatic heterocycles. The largest absolute Gasteiger partial charge is 0.365 e. The van der Waals surface area contributed by atoms with E-state index in [4.69, 9.17) is 0 Å². The van der Waals surface area contributed by atoms with Gasteiger partial charge in [0, 0.05) is 37.9 Å². The fourth-order valence-electron chi connectivity index (χ4n) is 1.39. The number of hydrogen-bond donors (Lipinski definition) is 2. The second kappa shape index (κ2) is 5.66. The number of anilines is 1. The van der Waals surface area contributed by atoms with Crippen molar-refractivity contribution in [2.75, 3.05) is 11.9 Å². The summed E-state index contributed by atoms with van der Waals surface area (Å²) in [5.41, 5.74) is -0.438. The number of aryl methyl sites for hydroxylation is 1. The quantitative estimate of drug-likeness (QED) is 0.818. The van der Waals surface area contributed by atoms with Gasteiger partial charge in [0.2, 0.25) is 5.91 Å². The van der Waals surface area contributed by atoms with Crippen molar-refractivity contribution in [1.29, 1.82) is 0 Å². The van der Waals surface area contributed by atoms with E-state index in [9.17, 15) is 9.59 Å². The number of aromatic nitrogens is 2. The summed E-state index contributed by atoms with van der Waals surface area (Å²) in [5.74, 6) is 0.214. The van der Waals surface area contributed by atoms with Gasteiger partial charge in [-0.15, -0.1) is 0 Å². The Balaban J connectivity index is 2.45. The van der Waals surface area contributed by atoms with E-state index in [2.05, 4.69) is 15.6 Å². The zero-order valence-corrected chi connectivity index (χ0v) is 11.3. The number of hydrogen-bond acceptors (Lipinski definition) is 4. The summed E-state index contributed by atoms with van der Waals surface area (Å²) in [7, 11) is 1.65. The van der Waals surface area contributed by atoms with E-state index in [1.165, 1.54) is 4.57 Å². The minimum absolute atomic E-state index is 0.0530. The van der Waals surface area contributed by atoms with Gasteiger partial charge in [-0.25, -0.2) is 4.98 Å². The number of nitrogens with one attached hydrogen (secondary N) is 2. The highest BCUT2D eigenvalue weighted by Crippen LogP contribution is 1.99. The summed E-state index contributed by atoms with van der Waals surface area (Å²) in [5, 5.41) is 5.71. The van der Waals surface area contributed by atoms with E-state index in [1.54, 1.807) is 19.4 Å². The van der Waals surface area contributed by atoms with E-state index in [1.807, 2.05) is 20.8 Å². The number of rotatable bonds is 4. The van der Waals surface area contributed by atoms with Gasteiger partial charge < -0.3 is 15.2 Å². The molecule has 0 aliphatic heterocycles. The normalized spacial score (nSPS) is 11.1. The zero-order chi connectivity index (χ0) is 13.8. The van der Waals surface area contributed by atoms with Crippen LogP contribution in [-0.4, -0.2) is 27.5 Å². The summed E-state index contributed by atoms with van der Waals surface area (Å²) in [6.45, 7) is 6.15. The maximum atomic E-state index is 11.6. The van der Waals surface area contributed by atoms with Gasteiger partial charge in [0.25, 0.3) is 5.56 Å². The second-order valence-electron chi connectivity index (χ2n) is 5.17. The van der Waals surface area contributed by atoms with Crippen LogP contribution in [0.2, 0.25) is 0 Å². The van der Waals surface area contributed by atoms with Gasteiger partial charge in [0.05, 0.1) is 0 Å². The number of nitrogens with zero attached hydrogens (tertiary/aromatic N) is 2. The maximum Gasteiger partial charge on any atom is 0.293 e. The molecule has 18 heavy (non-hydrogen) atoms. The highest BCUT2D eigenvalue weighted by molar-refractivity contribution is 5.77. The molecule has 0 radical (unpaired) electrons. The molecule has 0 atom stereocenters. The van der Waals surface area contributed by atoms with Gasteiger partial charge >= 0.3 is 0 Å². The number of carbonyl (C=O) groups excluding carboxylic acids is 1. The van der Waals surface area contributed by atoms with Crippen LogP contribution in [0.4, 0.5) is 5.82 Å². The first-order valence-corrected chi connectivity index (χ1v) is 5.86. The SMILES string of the molecule is Cn1ccnc(NCCC(=O)NC(C)(C)C)c1=O. The predicted octanol–water partition coefficient (Wildman–Crippen LogP) is 0.497. The van der Waals surface area contributed by atoms with Crippen LogP contribution in [0.15, 0.2) is 17.2 Å². The Morgan fingerprint density at radius 1 is 1.44 bits per heavy atom. The van der Waals surface area contributed by atoms with E-state index in [0.717, 1.165) is 0 Å². The first-order chi connectivity index (χ1) is 8.29. The summed E-state index contributed by atoms with van der Waals surface area (Å²) < 4.78 is 1.44. The Morgan fingerprint density at radius 2 is 2.11 bits per heavy atom. The molecule has 0 saturated heterocycles. The third-order valence-corrected chi connectivity index (χ3v) is 2.18. The average Bonchev–Trinajstić information content (AvgIpc) is 2.21. The topological polar surface area (TPSA) is 76.0 Å². The third-order valence-electron chi connectivity index (χ3n) is 2.18. The van der Waals surface area contributed by atoms with Crippen molar-refractivity contribution in [1.82, 2.24) is 14.9 Å². The third kappa shape index (κ3) is 4.57. The van der Waals surface area contributed by atoms with E-state index >= 15 is 0 Å². The first kappa shape index (κ1) is 14.2. The molecular weight excluding hydrogens is 232 g/mol. The fraction of sp³-hybridized carbons (Fsp3) is 0.583. The van der Waals surface area contributed by atoms with Gasteiger partial charge in [-0.3, -0.25) is 9.59 Å². The van der Waals surface area contributed by atoms with Crippen molar-refractivity contribution < 1.29 is 4.79 Å². The molecule has 1 heterocycles. The van der Waals surface area contributed by atoms with Crippen LogP contribution in [0.3, 0.4) is 0 Å². The minimum atomic E-state index is -0.238. The molecule has 0 bridgehead atoms. The van der Waals surface area contributed by atoms with Crippen molar-refractivity contribution in [3.63, 3.8) is 0 Å². The van der Waals surface area contributed by atoms with Crippen LogP contribution in [0.25, 0.3) is 0 Å². The molecular formula is C12H20N4O2. The fourth-order valence-corrected chi connectivity index (χ4v) is 1.39. The summed E-state index contributed by atoms with van der Waals surface area (Å²) in [4.78, 5) is 27.1. The van der Waals surface area contributed by atoms with Crippen molar-refractivity contribution in [3.05, 3.63) is 22.7 Å². The number of amides is 1. The molecule has 0 aliphatic carbocycles. The molecule has 0 aromatic carbocycles. The standard InChI is InChI=1S/C12H20N4O2/c1-12(2,3)15-9(17)5-6-13-10-11(18)16(4)8-7-14-10/h7-8H,5-6H2,1-4H3,(H,13,14)(H,15,17). The van der Waals surface area contributed by atoms with Crippen molar-refractivity contribution in [3.8, 4) is 0 Å². The molecule has 1 rings (SSSR count). The Bertz CT molecular complexity index is 474. The molecule has 1 amide bonds. The Kier molecular flexibility index (Phi) is 4.47. The molecule has 0 unspecified atom stereocenters. The van der Waals surface area contributed by atoms with E-state index in [0.29, 0.717) is 13.0 Å². The van der Waals surface area contributed by atoms with Gasteiger partial charge in [0.15, 0.2) is 5.82 Å². The molecule has 0 aliphatic rings. The van der Waals surface area contributed by atoms with Crippen LogP contribution in [0.5, 0.6) is 0 Å². The van der Waals surface area contributed by atoms with Gasteiger partial charge in [0.1, 0.15) is 0 Å². The van der Waals surface area contributed by atoms with Gasteiger partial charge in [-0.1, -0.05) is 0 Å². The van der Waals surface area contributed by atoms with Crippen LogP contribution in [0, 0.1) is 0 Å². The molecule has 6 nitrogen and oxygen atoms in total. The molecule has 2 N–H and O–H groups in total. The lowest BCUT2D eigenvalue weighted by Crippen LogP contribution is -2.41. The van der Waals surface area contributed by atoms with Crippen LogP contribution in [0.1, 0.15) is 27.2 Å². The highest BCUT2D eigenvalue weighted by atomic mass is 16.1. The summed E-state index contributed by atoms with van der Waals surface area (Å²) in [6.07, 6.45) is 3.43. The Labute approximate surface area is 106 Å². The highest BCUT2D eigenvalue weighted by Gasteiger charge is 2.13. The van der Waals surface area contributed by atoms with E-state index in [-0.39, 0.29) is 22.8 Å². The lowest BCUT2D eigenvalue weighted by Gasteiger charge is -2.20. The van der Waals surface area contributed by atoms with Crippen molar-refractivity contribution in [2.45, 2.75) is 32.7 Å². The van der Waals surface area contributed by atoms with Crippen LogP contribution >= 0.6 is 0 Å². The minimum Gasteiger partial charge on any atom is -0.365 e. The molecule has 100 valence electrons. The molecule has 0 saturated carbocycles. The van der Waals surface area contributed by atoms with Gasteiger partial charge in [-0.2, -0.15) is 0 Å². The lowest BCUT2D eigenvalue weighted by molar-refractivity contribution is -0.122. The van der Waals surface area contributed by atoms with Crippen LogP contribution < -0.4 is 16.2 Å². The average molecular weight is 252 g/mol. The van der Waals surface area contributed by atoms with Gasteiger partial charge in [-0.05, 0) is 20.8 Å².